The average Bonchev–Trinajstić information content (AvgIpc) is 1.64. The predicted octanol–water partition coefficient (Wildman–Crippen LogP) is -6.68. The molecule has 0 aromatic rings. The minimum absolute atomic E-state index is 0. The summed E-state index contributed by atoms with van der Waals surface area (Å²) in [4.78, 5) is 74.6. The van der Waals surface area contributed by atoms with Gasteiger partial charge in [0, 0.05) is 0 Å². The molecule has 0 aromatic heterocycles. The quantitative estimate of drug-likeness (QED) is 0.263. The monoisotopic (exact) mass is 486 g/mol. The molecule has 0 saturated heterocycles. The fourth-order valence-corrected chi connectivity index (χ4v) is 2.20. The molecule has 20 heteroatoms. The van der Waals surface area contributed by atoms with Gasteiger partial charge in [-0.05, 0) is 0 Å². The summed E-state index contributed by atoms with van der Waals surface area (Å²) in [5, 5.41) is 0. The number of hydrogen-bond acceptors (Lipinski definition) is 14. The van der Waals surface area contributed by atoms with E-state index in [-0.39, 0.29) is 47.9 Å². The Morgan fingerprint density at radius 1 is 0.500 bits per heavy atom. The Balaban J connectivity index is -0.000000116. The molecular weight excluding hydrogens is 487 g/mol. The molecule has 20 heavy (non-hydrogen) atoms. The normalized spacial score (nSPS) is 12.4. The number of hydrogen-bond donors (Lipinski definition) is 0. The SMILES string of the molecule is O=P([O-])([O-])OP(=O)([O-])[O-].O=P([O-])([O-])OP(=O)([O-])[O-].[Ti+4].[Zr+4]. The maximum atomic E-state index is 9.32. The van der Waals surface area contributed by atoms with Gasteiger partial charge >= 0.3 is 47.9 Å². The van der Waals surface area contributed by atoms with E-state index in [9.17, 15) is 57.4 Å². The fraction of sp³-hybridized carbons (Fsp3) is 0. The van der Waals surface area contributed by atoms with E-state index in [1.54, 1.807) is 0 Å². The first kappa shape index (κ1) is 30.0. The van der Waals surface area contributed by atoms with Crippen molar-refractivity contribution in [3.8, 4) is 0 Å². The molecule has 0 spiro atoms. The minimum atomic E-state index is -5.68. The Bertz CT molecular complexity index is 348. The molecule has 0 aliphatic heterocycles. The molecule has 0 heterocycles. The summed E-state index contributed by atoms with van der Waals surface area (Å²) >= 11 is 0. The first-order chi connectivity index (χ1) is 7.41. The van der Waals surface area contributed by atoms with Crippen LogP contribution in [0.25, 0.3) is 0 Å². The molecule has 0 fully saturated rings. The average molecular weight is 487 g/mol. The largest absolute Gasteiger partial charge is 4.00 e. The summed E-state index contributed by atoms with van der Waals surface area (Å²) in [7, 11) is -22.7. The van der Waals surface area contributed by atoms with Gasteiger partial charge in [0.1, 0.15) is 0 Å². The van der Waals surface area contributed by atoms with E-state index in [0.29, 0.717) is 0 Å². The van der Waals surface area contributed by atoms with Crippen LogP contribution < -0.4 is 39.1 Å². The van der Waals surface area contributed by atoms with Gasteiger partial charge in [-0.3, -0.25) is 0 Å². The molecule has 0 aliphatic rings. The first-order valence-corrected chi connectivity index (χ1v) is 8.76. The topological polar surface area (TPSA) is 271 Å². The van der Waals surface area contributed by atoms with Gasteiger partial charge in [0.2, 0.25) is 0 Å². The van der Waals surface area contributed by atoms with E-state index in [4.69, 9.17) is 0 Å². The molecule has 0 saturated carbocycles. The van der Waals surface area contributed by atoms with Gasteiger partial charge in [0.15, 0.2) is 0 Å². The van der Waals surface area contributed by atoms with E-state index >= 15 is 0 Å². The van der Waals surface area contributed by atoms with Gasteiger partial charge < -0.3 is 66.0 Å². The van der Waals surface area contributed by atoms with E-state index in [1.807, 2.05) is 0 Å². The van der Waals surface area contributed by atoms with Crippen molar-refractivity contribution in [2.24, 2.45) is 0 Å². The zero-order valence-electron chi connectivity index (χ0n) is 8.50. The standard InChI is InChI=1S/2H4O7P2.Ti.Zr/c2*1-8(2,3)7-9(4,5)6;;/h2*(H2,1,2,3)(H2,4,5,6);;/q;;2*+4/p-8. The Morgan fingerprint density at radius 2 is 0.600 bits per heavy atom. The second-order valence-corrected chi connectivity index (χ2v) is 6.84. The Kier molecular flexibility index (Phi) is 16.2. The molecule has 0 radical (unpaired) electrons. The Labute approximate surface area is 144 Å². The third-order valence-electron chi connectivity index (χ3n) is 0.400. The van der Waals surface area contributed by atoms with E-state index in [2.05, 4.69) is 8.62 Å². The summed E-state index contributed by atoms with van der Waals surface area (Å²) in [6.45, 7) is 0. The van der Waals surface area contributed by atoms with Crippen molar-refractivity contribution < 1.29 is 114 Å². The third-order valence-corrected chi connectivity index (χ3v) is 3.60. The smallest absolute Gasteiger partial charge is 0.790 e. The van der Waals surface area contributed by atoms with Gasteiger partial charge in [-0.1, -0.05) is 0 Å². The van der Waals surface area contributed by atoms with Crippen LogP contribution in [-0.4, -0.2) is 0 Å². The minimum Gasteiger partial charge on any atom is -0.790 e. The van der Waals surface area contributed by atoms with Crippen LogP contribution in [0.2, 0.25) is 0 Å². The van der Waals surface area contributed by atoms with Gasteiger partial charge in [-0.15, -0.1) is 0 Å². The van der Waals surface area contributed by atoms with Crippen LogP contribution in [0.5, 0.6) is 0 Å². The van der Waals surface area contributed by atoms with Crippen LogP contribution in [0.15, 0.2) is 0 Å². The molecule has 0 bridgehead atoms. The first-order valence-electron chi connectivity index (χ1n) is 2.92. The van der Waals surface area contributed by atoms with Crippen LogP contribution in [0.3, 0.4) is 0 Å². The van der Waals surface area contributed by atoms with Crippen LogP contribution in [-0.2, 0) is 74.8 Å². The maximum Gasteiger partial charge on any atom is 4.00 e. The summed E-state index contributed by atoms with van der Waals surface area (Å²) in [5.41, 5.74) is 0. The molecule has 112 valence electrons. The molecule has 0 aliphatic carbocycles. The second-order valence-electron chi connectivity index (χ2n) is 1.95. The number of rotatable bonds is 4. The summed E-state index contributed by atoms with van der Waals surface area (Å²) in [6, 6.07) is 0. The van der Waals surface area contributed by atoms with Crippen molar-refractivity contribution in [1.29, 1.82) is 0 Å². The molecule has 0 amide bonds. The summed E-state index contributed by atoms with van der Waals surface area (Å²) < 4.78 is 42.3. The van der Waals surface area contributed by atoms with Crippen molar-refractivity contribution >= 4 is 31.3 Å². The van der Waals surface area contributed by atoms with Crippen molar-refractivity contribution in [2.45, 2.75) is 0 Å². The number of phosphoric acid groups is 4. The van der Waals surface area contributed by atoms with Gasteiger partial charge in [0.25, 0.3) is 0 Å². The van der Waals surface area contributed by atoms with E-state index in [1.165, 1.54) is 0 Å². The fourth-order valence-electron chi connectivity index (χ4n) is 0.245. The molecule has 0 unspecified atom stereocenters. The van der Waals surface area contributed by atoms with E-state index < -0.39 is 31.3 Å². The van der Waals surface area contributed by atoms with Crippen molar-refractivity contribution in [2.75, 3.05) is 0 Å². The van der Waals surface area contributed by atoms with Crippen molar-refractivity contribution in [3.05, 3.63) is 0 Å². The molecule has 0 rings (SSSR count). The van der Waals surface area contributed by atoms with Gasteiger partial charge in [-0.2, -0.15) is 0 Å². The Hall–Kier alpha value is 2.12. The predicted molar refractivity (Wildman–Crippen MR) is 32.6 cm³/mol. The van der Waals surface area contributed by atoms with Crippen LogP contribution in [0.1, 0.15) is 0 Å². The van der Waals surface area contributed by atoms with Crippen LogP contribution in [0, 0.1) is 0 Å². The summed E-state index contributed by atoms with van der Waals surface area (Å²) in [5.74, 6) is 0. The molecule has 14 nitrogen and oxygen atoms in total. The second kappa shape index (κ2) is 10.8. The zero-order valence-corrected chi connectivity index (χ0v) is 16.1. The maximum absolute atomic E-state index is 9.32. The van der Waals surface area contributed by atoms with Gasteiger partial charge in [-0.25, -0.2) is 0 Å². The molecule has 0 atom stereocenters. The molecule has 0 N–H and O–H groups in total. The van der Waals surface area contributed by atoms with Crippen LogP contribution in [0.4, 0.5) is 0 Å². The zero-order chi connectivity index (χ0) is 15.4. The summed E-state index contributed by atoms with van der Waals surface area (Å²) in [6.07, 6.45) is 0. The van der Waals surface area contributed by atoms with Gasteiger partial charge in [0.05, 0.1) is 31.3 Å². The Morgan fingerprint density at radius 3 is 0.600 bits per heavy atom. The van der Waals surface area contributed by atoms with E-state index in [0.717, 1.165) is 0 Å². The third kappa shape index (κ3) is 36.9. The van der Waals surface area contributed by atoms with Crippen LogP contribution >= 0.6 is 31.3 Å². The molecular formula is O14P4TiZr. The van der Waals surface area contributed by atoms with Crippen molar-refractivity contribution in [1.82, 2.24) is 0 Å². The van der Waals surface area contributed by atoms with Crippen molar-refractivity contribution in [3.63, 3.8) is 0 Å². The molecule has 0 aromatic carbocycles.